The molecule has 2 aromatic carbocycles. The molecule has 1 fully saturated rings. The van der Waals surface area contributed by atoms with Crippen molar-refractivity contribution < 1.29 is 19.4 Å². The summed E-state index contributed by atoms with van der Waals surface area (Å²) in [5.41, 5.74) is 3.42. The second-order valence-electron chi connectivity index (χ2n) is 8.44. The second kappa shape index (κ2) is 12.0. The number of carbonyl (C=O) groups is 1. The van der Waals surface area contributed by atoms with Gasteiger partial charge in [0.25, 0.3) is 0 Å². The molecule has 178 valence electrons. The van der Waals surface area contributed by atoms with Crippen molar-refractivity contribution in [1.82, 2.24) is 10.2 Å². The molecule has 1 unspecified atom stereocenters. The summed E-state index contributed by atoms with van der Waals surface area (Å²) in [7, 11) is 2.05. The van der Waals surface area contributed by atoms with Crippen LogP contribution in [-0.4, -0.2) is 48.8 Å². The maximum Gasteiger partial charge on any atom is 0.319 e. The Labute approximate surface area is 196 Å². The standard InChI is InChI=1S/C26H35N3O4/c1-5-14-29(4)16-23-18(3)24(20-12-10-19(17-30)11-13-20)33-25(32-23)21-8-7-9-22(15-21)28-26(31)27-6-2/h5,7-13,15,18,23-25,30H,1,6,14,16-17H2,2-4H3,(H2,27,28,31)/t18-,23+,24+,25?/m0/s1. The first-order chi connectivity index (χ1) is 15.9. The lowest BCUT2D eigenvalue weighted by atomic mass is 9.90. The summed E-state index contributed by atoms with van der Waals surface area (Å²) in [5.74, 6) is 0.102. The summed E-state index contributed by atoms with van der Waals surface area (Å²) in [4.78, 5) is 14.1. The van der Waals surface area contributed by atoms with Gasteiger partial charge in [-0.15, -0.1) is 6.58 Å². The van der Waals surface area contributed by atoms with E-state index < -0.39 is 6.29 Å². The fourth-order valence-corrected chi connectivity index (χ4v) is 4.03. The molecule has 33 heavy (non-hydrogen) atoms. The van der Waals surface area contributed by atoms with Crippen LogP contribution in [0.15, 0.2) is 61.2 Å². The minimum Gasteiger partial charge on any atom is -0.392 e. The van der Waals surface area contributed by atoms with E-state index in [-0.39, 0.29) is 30.8 Å². The Morgan fingerprint density at radius 3 is 2.61 bits per heavy atom. The number of nitrogens with one attached hydrogen (secondary N) is 2. The highest BCUT2D eigenvalue weighted by Crippen LogP contribution is 2.42. The van der Waals surface area contributed by atoms with Gasteiger partial charge in [-0.05, 0) is 37.2 Å². The Balaban J connectivity index is 1.87. The summed E-state index contributed by atoms with van der Waals surface area (Å²) in [6, 6.07) is 15.2. The highest BCUT2D eigenvalue weighted by atomic mass is 16.7. The molecule has 1 heterocycles. The van der Waals surface area contributed by atoms with Gasteiger partial charge in [-0.1, -0.05) is 49.4 Å². The molecule has 2 amide bonds. The van der Waals surface area contributed by atoms with Gasteiger partial charge in [0.15, 0.2) is 6.29 Å². The topological polar surface area (TPSA) is 83.1 Å². The molecule has 2 aromatic rings. The number of aliphatic hydroxyl groups is 1. The van der Waals surface area contributed by atoms with Crippen molar-refractivity contribution in [1.29, 1.82) is 0 Å². The third kappa shape index (κ3) is 6.65. The maximum atomic E-state index is 12.0. The van der Waals surface area contributed by atoms with Crippen LogP contribution in [0.5, 0.6) is 0 Å². The number of anilines is 1. The molecule has 0 spiro atoms. The van der Waals surface area contributed by atoms with Crippen LogP contribution in [0.1, 0.15) is 42.9 Å². The number of urea groups is 1. The van der Waals surface area contributed by atoms with Crippen molar-refractivity contribution in [2.75, 3.05) is 32.0 Å². The van der Waals surface area contributed by atoms with Gasteiger partial charge in [-0.2, -0.15) is 0 Å². The fourth-order valence-electron chi connectivity index (χ4n) is 4.03. The summed E-state index contributed by atoms with van der Waals surface area (Å²) >= 11 is 0. The molecule has 0 bridgehead atoms. The van der Waals surface area contributed by atoms with Gasteiger partial charge in [-0.3, -0.25) is 0 Å². The lowest BCUT2D eigenvalue weighted by Crippen LogP contribution is -2.43. The van der Waals surface area contributed by atoms with Crippen molar-refractivity contribution in [3.63, 3.8) is 0 Å². The average Bonchev–Trinajstić information content (AvgIpc) is 2.81. The number of ether oxygens (including phenoxy) is 2. The highest BCUT2D eigenvalue weighted by molar-refractivity contribution is 5.89. The molecule has 7 heteroatoms. The van der Waals surface area contributed by atoms with Crippen LogP contribution in [-0.2, 0) is 16.1 Å². The van der Waals surface area contributed by atoms with Crippen LogP contribution in [0, 0.1) is 5.92 Å². The molecule has 0 aliphatic carbocycles. The highest BCUT2D eigenvalue weighted by Gasteiger charge is 2.38. The summed E-state index contributed by atoms with van der Waals surface area (Å²) in [5, 5.41) is 15.0. The molecule has 3 N–H and O–H groups in total. The quantitative estimate of drug-likeness (QED) is 0.495. The van der Waals surface area contributed by atoms with Gasteiger partial charge < -0.3 is 30.1 Å². The number of amides is 2. The largest absolute Gasteiger partial charge is 0.392 e. The Morgan fingerprint density at radius 1 is 1.18 bits per heavy atom. The van der Waals surface area contributed by atoms with E-state index in [4.69, 9.17) is 9.47 Å². The van der Waals surface area contributed by atoms with E-state index in [0.717, 1.165) is 29.8 Å². The molecule has 0 aromatic heterocycles. The van der Waals surface area contributed by atoms with Gasteiger partial charge >= 0.3 is 6.03 Å². The van der Waals surface area contributed by atoms with Crippen LogP contribution in [0.25, 0.3) is 0 Å². The second-order valence-corrected chi connectivity index (χ2v) is 8.44. The zero-order chi connectivity index (χ0) is 23.8. The normalized spacial score (nSPS) is 22.7. The lowest BCUT2D eigenvalue weighted by Gasteiger charge is -2.42. The molecule has 0 saturated carbocycles. The van der Waals surface area contributed by atoms with E-state index >= 15 is 0 Å². The van der Waals surface area contributed by atoms with Crippen LogP contribution in [0.4, 0.5) is 10.5 Å². The van der Waals surface area contributed by atoms with Gasteiger partial charge in [0.05, 0.1) is 18.8 Å². The fraction of sp³-hybridized carbons (Fsp3) is 0.423. The Morgan fingerprint density at radius 2 is 1.94 bits per heavy atom. The molecular weight excluding hydrogens is 418 g/mol. The number of benzene rings is 2. The predicted octanol–water partition coefficient (Wildman–Crippen LogP) is 4.23. The Hall–Kier alpha value is -2.71. The van der Waals surface area contributed by atoms with E-state index in [9.17, 15) is 9.90 Å². The van der Waals surface area contributed by atoms with Crippen molar-refractivity contribution in [3.8, 4) is 0 Å². The number of hydrogen-bond donors (Lipinski definition) is 3. The van der Waals surface area contributed by atoms with Crippen LogP contribution >= 0.6 is 0 Å². The van der Waals surface area contributed by atoms with E-state index in [1.165, 1.54) is 0 Å². The maximum absolute atomic E-state index is 12.0. The molecule has 0 radical (unpaired) electrons. The van der Waals surface area contributed by atoms with Crippen molar-refractivity contribution in [2.45, 2.75) is 39.0 Å². The van der Waals surface area contributed by atoms with Crippen molar-refractivity contribution in [3.05, 3.63) is 77.9 Å². The number of nitrogens with zero attached hydrogens (tertiary/aromatic N) is 1. The first-order valence-corrected chi connectivity index (χ1v) is 11.4. The zero-order valence-corrected chi connectivity index (χ0v) is 19.7. The van der Waals surface area contributed by atoms with E-state index in [1.807, 2.05) is 68.6 Å². The zero-order valence-electron chi connectivity index (χ0n) is 19.7. The number of hydrogen-bond acceptors (Lipinski definition) is 5. The number of aliphatic hydroxyl groups excluding tert-OH is 1. The molecule has 4 atom stereocenters. The Bertz CT molecular complexity index is 918. The van der Waals surface area contributed by atoms with Gasteiger partial charge in [0, 0.05) is 36.8 Å². The summed E-state index contributed by atoms with van der Waals surface area (Å²) in [6.07, 6.45) is 1.04. The van der Waals surface area contributed by atoms with E-state index in [1.54, 1.807) is 0 Å². The number of rotatable bonds is 9. The third-order valence-electron chi connectivity index (χ3n) is 5.81. The first-order valence-electron chi connectivity index (χ1n) is 11.4. The average molecular weight is 454 g/mol. The molecule has 3 rings (SSSR count). The summed E-state index contributed by atoms with van der Waals surface area (Å²) in [6.45, 7) is 9.90. The predicted molar refractivity (Wildman–Crippen MR) is 130 cm³/mol. The molecule has 1 aliphatic heterocycles. The minimum absolute atomic E-state index is 0.00741. The third-order valence-corrected chi connectivity index (χ3v) is 5.81. The number of carbonyl (C=O) groups excluding carboxylic acids is 1. The molecule has 7 nitrogen and oxygen atoms in total. The van der Waals surface area contributed by atoms with E-state index in [2.05, 4.69) is 29.0 Å². The number of likely N-dealkylation sites (N-methyl/N-ethyl adjacent to an activating group) is 1. The van der Waals surface area contributed by atoms with Gasteiger partial charge in [0.1, 0.15) is 0 Å². The van der Waals surface area contributed by atoms with Crippen molar-refractivity contribution in [2.24, 2.45) is 5.92 Å². The molecular formula is C26H35N3O4. The Kier molecular flexibility index (Phi) is 9.03. The van der Waals surface area contributed by atoms with Crippen LogP contribution in [0.3, 0.4) is 0 Å². The summed E-state index contributed by atoms with van der Waals surface area (Å²) < 4.78 is 12.9. The van der Waals surface area contributed by atoms with E-state index in [0.29, 0.717) is 12.2 Å². The van der Waals surface area contributed by atoms with Gasteiger partial charge in [-0.25, -0.2) is 4.79 Å². The monoisotopic (exact) mass is 453 g/mol. The van der Waals surface area contributed by atoms with Crippen LogP contribution in [0.2, 0.25) is 0 Å². The first kappa shape index (κ1) is 24.9. The van der Waals surface area contributed by atoms with Crippen LogP contribution < -0.4 is 10.6 Å². The van der Waals surface area contributed by atoms with Gasteiger partial charge in [0.2, 0.25) is 0 Å². The smallest absolute Gasteiger partial charge is 0.319 e. The molecule has 1 aliphatic rings. The lowest BCUT2D eigenvalue weighted by molar-refractivity contribution is -0.275. The minimum atomic E-state index is -0.582. The molecule has 1 saturated heterocycles. The van der Waals surface area contributed by atoms with Crippen molar-refractivity contribution >= 4 is 11.7 Å². The SMILES string of the molecule is C=CCN(C)C[C@H]1OC(c2cccc(NC(=O)NCC)c2)O[C@@H](c2ccc(CO)cc2)[C@H]1C.